The first kappa shape index (κ1) is 15.6. The van der Waals surface area contributed by atoms with Crippen LogP contribution in [0.2, 0.25) is 0 Å². The van der Waals surface area contributed by atoms with Gasteiger partial charge in [0.05, 0.1) is 5.69 Å². The standard InChI is InChI=1S/C19H21N5O/c1-14-17(18-20-10-6-12-24(18)22-14)19(25)23-11-5-9-16(13-23)21-15-7-3-2-4-8-15/h2-4,6-8,10,12,16,21H,5,9,11,13H2,1H3/t16-/m1/s1. The van der Waals surface area contributed by atoms with E-state index in [2.05, 4.69) is 27.5 Å². The molecule has 1 aromatic carbocycles. The summed E-state index contributed by atoms with van der Waals surface area (Å²) < 4.78 is 1.67. The molecule has 1 aliphatic heterocycles. The van der Waals surface area contributed by atoms with Gasteiger partial charge in [-0.3, -0.25) is 4.79 Å². The van der Waals surface area contributed by atoms with Gasteiger partial charge < -0.3 is 10.2 Å². The SMILES string of the molecule is Cc1nn2cccnc2c1C(=O)N1CCC[C@@H](Nc2ccccc2)C1. The summed E-state index contributed by atoms with van der Waals surface area (Å²) in [6.45, 7) is 3.33. The smallest absolute Gasteiger partial charge is 0.259 e. The van der Waals surface area contributed by atoms with Gasteiger partial charge in [0.15, 0.2) is 5.65 Å². The Bertz CT molecular complexity index is 889. The maximum absolute atomic E-state index is 13.1. The Morgan fingerprint density at radius 1 is 1.24 bits per heavy atom. The van der Waals surface area contributed by atoms with Crippen LogP contribution in [0.15, 0.2) is 48.8 Å². The molecule has 0 spiro atoms. The lowest BCUT2D eigenvalue weighted by Gasteiger charge is -2.33. The number of carbonyl (C=O) groups excluding carboxylic acids is 1. The van der Waals surface area contributed by atoms with Crippen LogP contribution in [0.5, 0.6) is 0 Å². The number of piperidine rings is 1. The Morgan fingerprint density at radius 3 is 2.92 bits per heavy atom. The number of benzene rings is 1. The van der Waals surface area contributed by atoms with Crippen molar-refractivity contribution in [3.8, 4) is 0 Å². The molecule has 1 saturated heterocycles. The van der Waals surface area contributed by atoms with Gasteiger partial charge in [-0.25, -0.2) is 9.50 Å². The molecule has 4 rings (SSSR count). The van der Waals surface area contributed by atoms with E-state index in [0.717, 1.165) is 30.8 Å². The van der Waals surface area contributed by atoms with Crippen LogP contribution in [0.3, 0.4) is 0 Å². The molecule has 1 amide bonds. The molecule has 3 heterocycles. The molecular formula is C19H21N5O. The number of hydrogen-bond acceptors (Lipinski definition) is 4. The van der Waals surface area contributed by atoms with Crippen molar-refractivity contribution in [2.45, 2.75) is 25.8 Å². The fourth-order valence-corrected chi connectivity index (χ4v) is 3.45. The van der Waals surface area contributed by atoms with Crippen molar-refractivity contribution in [3.05, 3.63) is 60.0 Å². The molecule has 0 unspecified atom stereocenters. The molecular weight excluding hydrogens is 314 g/mol. The quantitative estimate of drug-likeness (QED) is 0.799. The number of para-hydroxylation sites is 1. The zero-order valence-electron chi connectivity index (χ0n) is 14.2. The van der Waals surface area contributed by atoms with Crippen molar-refractivity contribution in [2.24, 2.45) is 0 Å². The van der Waals surface area contributed by atoms with Gasteiger partial charge in [-0.15, -0.1) is 0 Å². The Kier molecular flexibility index (Phi) is 4.09. The molecule has 25 heavy (non-hydrogen) atoms. The molecule has 3 aromatic rings. The summed E-state index contributed by atoms with van der Waals surface area (Å²) in [4.78, 5) is 19.4. The minimum absolute atomic E-state index is 0.0192. The molecule has 1 N–H and O–H groups in total. The van der Waals surface area contributed by atoms with Crippen molar-refractivity contribution in [1.29, 1.82) is 0 Å². The van der Waals surface area contributed by atoms with E-state index in [1.165, 1.54) is 0 Å². The number of nitrogens with zero attached hydrogens (tertiary/aromatic N) is 4. The second-order valence-corrected chi connectivity index (χ2v) is 6.45. The number of nitrogens with one attached hydrogen (secondary N) is 1. The molecule has 0 saturated carbocycles. The van der Waals surface area contributed by atoms with Crippen LogP contribution in [-0.2, 0) is 0 Å². The van der Waals surface area contributed by atoms with Crippen molar-refractivity contribution >= 4 is 17.2 Å². The lowest BCUT2D eigenvalue weighted by Crippen LogP contribution is -2.45. The maximum atomic E-state index is 13.1. The summed E-state index contributed by atoms with van der Waals surface area (Å²) in [5.74, 6) is 0.0192. The number of carbonyl (C=O) groups is 1. The van der Waals surface area contributed by atoms with E-state index in [1.807, 2.05) is 42.3 Å². The molecule has 6 heteroatoms. The number of fused-ring (bicyclic) bond motifs is 1. The highest BCUT2D eigenvalue weighted by molar-refractivity contribution is 6.01. The van der Waals surface area contributed by atoms with Crippen molar-refractivity contribution in [1.82, 2.24) is 19.5 Å². The number of aryl methyl sites for hydroxylation is 1. The van der Waals surface area contributed by atoms with Gasteiger partial charge in [-0.05, 0) is 38.0 Å². The van der Waals surface area contributed by atoms with Crippen LogP contribution in [0.1, 0.15) is 28.9 Å². The predicted molar refractivity (Wildman–Crippen MR) is 96.7 cm³/mol. The minimum Gasteiger partial charge on any atom is -0.381 e. The Balaban J connectivity index is 1.54. The zero-order valence-corrected chi connectivity index (χ0v) is 14.2. The van der Waals surface area contributed by atoms with Crippen LogP contribution in [0.4, 0.5) is 5.69 Å². The Hall–Kier alpha value is -2.89. The molecule has 0 radical (unpaired) electrons. The van der Waals surface area contributed by atoms with Crippen molar-refractivity contribution < 1.29 is 4.79 Å². The first-order chi connectivity index (χ1) is 12.2. The molecule has 1 aliphatic rings. The monoisotopic (exact) mass is 335 g/mol. The predicted octanol–water partition coefficient (Wildman–Crippen LogP) is 2.75. The molecule has 1 atom stereocenters. The summed E-state index contributed by atoms with van der Waals surface area (Å²) in [7, 11) is 0. The van der Waals surface area contributed by atoms with Crippen molar-refractivity contribution in [2.75, 3.05) is 18.4 Å². The summed E-state index contributed by atoms with van der Waals surface area (Å²) in [6, 6.07) is 12.2. The Labute approximate surface area is 146 Å². The second-order valence-electron chi connectivity index (χ2n) is 6.45. The van der Waals surface area contributed by atoms with Gasteiger partial charge in [0, 0.05) is 37.2 Å². The summed E-state index contributed by atoms with van der Waals surface area (Å²) in [6.07, 6.45) is 5.57. The van der Waals surface area contributed by atoms with Gasteiger partial charge in [0.2, 0.25) is 0 Å². The van der Waals surface area contributed by atoms with E-state index in [-0.39, 0.29) is 11.9 Å². The third kappa shape index (κ3) is 3.07. The van der Waals surface area contributed by atoms with E-state index < -0.39 is 0 Å². The first-order valence-corrected chi connectivity index (χ1v) is 8.63. The van der Waals surface area contributed by atoms with Crippen LogP contribution < -0.4 is 5.32 Å². The molecule has 128 valence electrons. The third-order valence-corrected chi connectivity index (χ3v) is 4.64. The topological polar surface area (TPSA) is 62.5 Å². The van der Waals surface area contributed by atoms with Gasteiger partial charge >= 0.3 is 0 Å². The zero-order chi connectivity index (χ0) is 17.2. The summed E-state index contributed by atoms with van der Waals surface area (Å²) >= 11 is 0. The number of likely N-dealkylation sites (tertiary alicyclic amines) is 1. The van der Waals surface area contributed by atoms with E-state index in [1.54, 1.807) is 10.7 Å². The molecule has 2 aromatic heterocycles. The average molecular weight is 335 g/mol. The lowest BCUT2D eigenvalue weighted by molar-refractivity contribution is 0.0716. The largest absolute Gasteiger partial charge is 0.381 e. The highest BCUT2D eigenvalue weighted by Crippen LogP contribution is 2.21. The van der Waals surface area contributed by atoms with E-state index in [9.17, 15) is 4.79 Å². The summed E-state index contributed by atoms with van der Waals surface area (Å²) in [5, 5.41) is 7.94. The minimum atomic E-state index is 0.0192. The average Bonchev–Trinajstić information content (AvgIpc) is 2.98. The fourth-order valence-electron chi connectivity index (χ4n) is 3.45. The number of aromatic nitrogens is 3. The van der Waals surface area contributed by atoms with E-state index >= 15 is 0 Å². The normalized spacial score (nSPS) is 17.6. The fraction of sp³-hybridized carbons (Fsp3) is 0.316. The van der Waals surface area contributed by atoms with Gasteiger partial charge in [0.1, 0.15) is 5.56 Å². The molecule has 6 nitrogen and oxygen atoms in total. The van der Waals surface area contributed by atoms with Crippen LogP contribution in [0, 0.1) is 6.92 Å². The Morgan fingerprint density at radius 2 is 2.08 bits per heavy atom. The highest BCUT2D eigenvalue weighted by atomic mass is 16.2. The molecule has 0 bridgehead atoms. The van der Waals surface area contributed by atoms with Crippen molar-refractivity contribution in [3.63, 3.8) is 0 Å². The first-order valence-electron chi connectivity index (χ1n) is 8.63. The third-order valence-electron chi connectivity index (χ3n) is 4.64. The van der Waals surface area contributed by atoms with Crippen LogP contribution >= 0.6 is 0 Å². The molecule has 0 aliphatic carbocycles. The molecule has 1 fully saturated rings. The number of amides is 1. The van der Waals surface area contributed by atoms with Crippen LogP contribution in [0.25, 0.3) is 5.65 Å². The number of hydrogen-bond donors (Lipinski definition) is 1. The van der Waals surface area contributed by atoms with Gasteiger partial charge in [-0.1, -0.05) is 18.2 Å². The van der Waals surface area contributed by atoms with Gasteiger partial charge in [0.25, 0.3) is 5.91 Å². The van der Waals surface area contributed by atoms with Gasteiger partial charge in [-0.2, -0.15) is 5.10 Å². The number of rotatable bonds is 3. The van der Waals surface area contributed by atoms with E-state index in [0.29, 0.717) is 17.8 Å². The maximum Gasteiger partial charge on any atom is 0.259 e. The summed E-state index contributed by atoms with van der Waals surface area (Å²) in [5.41, 5.74) is 3.06. The number of anilines is 1. The highest BCUT2D eigenvalue weighted by Gasteiger charge is 2.28. The van der Waals surface area contributed by atoms with Crippen LogP contribution in [-0.4, -0.2) is 44.5 Å². The van der Waals surface area contributed by atoms with E-state index in [4.69, 9.17) is 0 Å². The lowest BCUT2D eigenvalue weighted by atomic mass is 10.0. The second kappa shape index (κ2) is 6.55.